The first-order valence-corrected chi connectivity index (χ1v) is 8.87. The molecule has 0 amide bonds. The Morgan fingerprint density at radius 3 is 0.964 bits per heavy atom. The van der Waals surface area contributed by atoms with Crippen LogP contribution in [0.15, 0.2) is 36.4 Å². The van der Waals surface area contributed by atoms with Gasteiger partial charge in [0.15, 0.2) is 0 Å². The molecule has 0 bridgehead atoms. The Kier molecular flexibility index (Phi) is 3.87. The number of rotatable bonds is 0. The van der Waals surface area contributed by atoms with Crippen LogP contribution in [0.25, 0.3) is 32.3 Å². The van der Waals surface area contributed by atoms with Crippen molar-refractivity contribution in [1.82, 2.24) is 0 Å². The maximum absolute atomic E-state index is 5.73. The van der Waals surface area contributed by atoms with Crippen molar-refractivity contribution >= 4 is 32.3 Å². The first-order valence-electron chi connectivity index (χ1n) is 8.87. The van der Waals surface area contributed by atoms with Gasteiger partial charge in [0.05, 0.1) is 0 Å². The minimum absolute atomic E-state index is 0.714. The van der Waals surface area contributed by atoms with E-state index in [0.29, 0.717) is 11.1 Å². The molecule has 0 nitrogen and oxygen atoms in total. The third kappa shape index (κ3) is 2.34. The van der Waals surface area contributed by atoms with E-state index in [-0.39, 0.29) is 0 Å². The molecule has 0 heterocycles. The minimum atomic E-state index is 0.714. The van der Waals surface area contributed by atoms with Crippen LogP contribution in [0.3, 0.4) is 0 Å². The summed E-state index contributed by atoms with van der Waals surface area (Å²) in [4.78, 5) is 0. The van der Waals surface area contributed by atoms with Crippen LogP contribution in [-0.4, -0.2) is 0 Å². The molecule has 0 fully saturated rings. The normalized spacial score (nSPS) is 10.4. The van der Waals surface area contributed by atoms with E-state index in [2.05, 4.69) is 47.9 Å². The Morgan fingerprint density at radius 2 is 0.679 bits per heavy atom. The molecule has 0 aromatic heterocycles. The van der Waals surface area contributed by atoms with Gasteiger partial charge in [-0.25, -0.2) is 0 Å². The Balaban J connectivity index is 2.40. The number of benzene rings is 4. The molecule has 4 rings (SSSR count). The Bertz CT molecular complexity index is 1360. The van der Waals surface area contributed by atoms with Gasteiger partial charge in [-0.3, -0.25) is 0 Å². The number of fused-ring (bicyclic) bond motifs is 6. The zero-order valence-electron chi connectivity index (χ0n) is 15.8. The van der Waals surface area contributed by atoms with Crippen molar-refractivity contribution in [3.05, 3.63) is 69.8 Å². The summed E-state index contributed by atoms with van der Waals surface area (Å²) in [6.45, 7) is 4.04. The molecule has 0 atom stereocenters. The van der Waals surface area contributed by atoms with E-state index in [9.17, 15) is 0 Å². The molecule has 0 saturated carbocycles. The molecule has 0 spiro atoms. The molecule has 0 saturated heterocycles. The zero-order chi connectivity index (χ0) is 20.0. The van der Waals surface area contributed by atoms with Crippen LogP contribution in [0.2, 0.25) is 0 Å². The van der Waals surface area contributed by atoms with Crippen LogP contribution in [0.5, 0.6) is 0 Å². The maximum atomic E-state index is 5.73. The topological polar surface area (TPSA) is 0 Å². The number of terminal acetylenes is 4. The summed E-state index contributed by atoms with van der Waals surface area (Å²) in [5, 5.41) is 6.43. The zero-order valence-corrected chi connectivity index (χ0v) is 15.8. The van der Waals surface area contributed by atoms with Gasteiger partial charge in [-0.05, 0) is 93.7 Å². The SMILES string of the molecule is C#Cc1cc2c(cc1C)c1cc(C#C)c(C#C)cc1c1cc(C)c(C#C)cc12. The van der Waals surface area contributed by atoms with E-state index < -0.39 is 0 Å². The van der Waals surface area contributed by atoms with Crippen LogP contribution in [0.4, 0.5) is 0 Å². The van der Waals surface area contributed by atoms with Crippen molar-refractivity contribution in [3.63, 3.8) is 0 Å². The van der Waals surface area contributed by atoms with E-state index in [4.69, 9.17) is 25.7 Å². The first-order chi connectivity index (χ1) is 13.5. The summed E-state index contributed by atoms with van der Waals surface area (Å²) < 4.78 is 0. The molecule has 4 aromatic rings. The Morgan fingerprint density at radius 1 is 0.429 bits per heavy atom. The van der Waals surface area contributed by atoms with E-state index >= 15 is 0 Å². The van der Waals surface area contributed by atoms with Crippen LogP contribution in [-0.2, 0) is 0 Å². The molecule has 0 heteroatoms. The molecule has 28 heavy (non-hydrogen) atoms. The Hall–Kier alpha value is -4.10. The van der Waals surface area contributed by atoms with Crippen molar-refractivity contribution in [1.29, 1.82) is 0 Å². The fourth-order valence-electron chi connectivity index (χ4n) is 3.90. The lowest BCUT2D eigenvalue weighted by atomic mass is 9.88. The second-order valence-corrected chi connectivity index (χ2v) is 6.95. The van der Waals surface area contributed by atoms with E-state index in [1.54, 1.807) is 0 Å². The van der Waals surface area contributed by atoms with Crippen LogP contribution in [0.1, 0.15) is 33.4 Å². The van der Waals surface area contributed by atoms with Crippen LogP contribution >= 0.6 is 0 Å². The highest BCUT2D eigenvalue weighted by atomic mass is 14.2. The molecule has 128 valence electrons. The summed E-state index contributed by atoms with van der Waals surface area (Å²) in [6, 6.07) is 12.4. The molecule has 0 aliphatic heterocycles. The summed E-state index contributed by atoms with van der Waals surface area (Å²) >= 11 is 0. The van der Waals surface area contributed by atoms with Crippen molar-refractivity contribution in [2.75, 3.05) is 0 Å². The van der Waals surface area contributed by atoms with E-state index in [1.807, 2.05) is 26.0 Å². The van der Waals surface area contributed by atoms with Gasteiger partial charge in [-0.2, -0.15) is 0 Å². The minimum Gasteiger partial charge on any atom is -0.115 e. The van der Waals surface area contributed by atoms with Crippen molar-refractivity contribution in [3.8, 4) is 49.4 Å². The second-order valence-electron chi connectivity index (χ2n) is 6.95. The average Bonchev–Trinajstić information content (AvgIpc) is 2.72. The fraction of sp³-hybridized carbons (Fsp3) is 0.0714. The predicted molar refractivity (Wildman–Crippen MR) is 120 cm³/mol. The summed E-state index contributed by atoms with van der Waals surface area (Å²) in [5.74, 6) is 11.0. The van der Waals surface area contributed by atoms with Crippen LogP contribution in [0, 0.1) is 63.2 Å². The maximum Gasteiger partial charge on any atom is 0.0405 e. The van der Waals surface area contributed by atoms with Gasteiger partial charge in [-0.15, -0.1) is 25.7 Å². The third-order valence-electron chi connectivity index (χ3n) is 5.38. The molecule has 0 aliphatic rings. The molecule has 0 unspecified atom stereocenters. The van der Waals surface area contributed by atoms with Gasteiger partial charge < -0.3 is 0 Å². The lowest BCUT2D eigenvalue weighted by Crippen LogP contribution is -1.93. The van der Waals surface area contributed by atoms with Crippen LogP contribution < -0.4 is 0 Å². The van der Waals surface area contributed by atoms with Gasteiger partial charge >= 0.3 is 0 Å². The lowest BCUT2D eigenvalue weighted by molar-refractivity contribution is 1.46. The quantitative estimate of drug-likeness (QED) is 0.282. The van der Waals surface area contributed by atoms with Gasteiger partial charge in [-0.1, -0.05) is 23.7 Å². The number of hydrogen-bond acceptors (Lipinski definition) is 0. The van der Waals surface area contributed by atoms with E-state index in [0.717, 1.165) is 54.6 Å². The smallest absolute Gasteiger partial charge is 0.0405 e. The largest absolute Gasteiger partial charge is 0.115 e. The highest BCUT2D eigenvalue weighted by Crippen LogP contribution is 2.38. The Labute approximate surface area is 165 Å². The van der Waals surface area contributed by atoms with Gasteiger partial charge in [0.25, 0.3) is 0 Å². The molecule has 4 aromatic carbocycles. The van der Waals surface area contributed by atoms with Crippen molar-refractivity contribution < 1.29 is 0 Å². The summed E-state index contributed by atoms with van der Waals surface area (Å²) in [7, 11) is 0. The molecular formula is C28H16. The second kappa shape index (κ2) is 6.26. The molecule has 0 aliphatic carbocycles. The third-order valence-corrected chi connectivity index (χ3v) is 5.38. The van der Waals surface area contributed by atoms with E-state index in [1.165, 1.54) is 0 Å². The standard InChI is InChI=1S/C28H16/c1-7-19-13-25-23(11-17(19)5)27-15-21(9-3)22(10-4)16-28(27)24-12-18(6)20(8-2)14-26(24)25/h1-4,11-16H,5-6H3. The monoisotopic (exact) mass is 352 g/mol. The fourth-order valence-corrected chi connectivity index (χ4v) is 3.90. The average molecular weight is 352 g/mol. The molecular weight excluding hydrogens is 336 g/mol. The summed E-state index contributed by atoms with van der Waals surface area (Å²) in [5.41, 5.74) is 5.26. The van der Waals surface area contributed by atoms with Gasteiger partial charge in [0, 0.05) is 22.3 Å². The molecule has 0 N–H and O–H groups in total. The van der Waals surface area contributed by atoms with Crippen molar-refractivity contribution in [2.45, 2.75) is 13.8 Å². The predicted octanol–water partition coefficient (Wildman–Crippen LogP) is 5.69. The van der Waals surface area contributed by atoms with Gasteiger partial charge in [0.2, 0.25) is 0 Å². The highest BCUT2D eigenvalue weighted by Gasteiger charge is 2.14. The first kappa shape index (κ1) is 17.3. The van der Waals surface area contributed by atoms with Gasteiger partial charge in [0.1, 0.15) is 0 Å². The number of aryl methyl sites for hydroxylation is 2. The number of hydrogen-bond donors (Lipinski definition) is 0. The van der Waals surface area contributed by atoms with Crippen molar-refractivity contribution in [2.24, 2.45) is 0 Å². The molecule has 0 radical (unpaired) electrons. The highest BCUT2D eigenvalue weighted by molar-refractivity contribution is 6.26. The summed E-state index contributed by atoms with van der Waals surface area (Å²) in [6.07, 6.45) is 22.9. The lowest BCUT2D eigenvalue weighted by Gasteiger charge is -2.15.